The van der Waals surface area contributed by atoms with Crippen LogP contribution in [0, 0.1) is 19.8 Å². The van der Waals surface area contributed by atoms with Gasteiger partial charge in [0.15, 0.2) is 5.78 Å². The van der Waals surface area contributed by atoms with E-state index in [2.05, 4.69) is 10.3 Å². The van der Waals surface area contributed by atoms with Crippen molar-refractivity contribution in [3.63, 3.8) is 0 Å². The van der Waals surface area contributed by atoms with Crippen molar-refractivity contribution in [3.05, 3.63) is 47.4 Å². The zero-order valence-corrected chi connectivity index (χ0v) is 17.1. The number of nitrogens with one attached hydrogen (secondary N) is 1. The summed E-state index contributed by atoms with van der Waals surface area (Å²) in [5.74, 6) is 0.291. The molecule has 4 rings (SSSR count). The number of amides is 3. The Morgan fingerprint density at radius 2 is 2.07 bits per heavy atom. The number of ketones is 1. The molecule has 2 fully saturated rings. The van der Waals surface area contributed by atoms with Crippen molar-refractivity contribution < 1.29 is 14.4 Å². The summed E-state index contributed by atoms with van der Waals surface area (Å²) in [6.07, 6.45) is 5.21. The number of hydrogen-bond donors (Lipinski definition) is 1. The molecule has 3 amide bonds. The highest BCUT2D eigenvalue weighted by Gasteiger charge is 2.55. The van der Waals surface area contributed by atoms with Crippen molar-refractivity contribution in [2.75, 3.05) is 6.54 Å². The predicted molar refractivity (Wildman–Crippen MR) is 108 cm³/mol. The van der Waals surface area contributed by atoms with E-state index in [1.54, 1.807) is 12.3 Å². The fourth-order valence-corrected chi connectivity index (χ4v) is 4.75. The number of aryl methyl sites for hydroxylation is 1. The minimum Gasteiger partial charge on any atom is -0.323 e. The van der Waals surface area contributed by atoms with Crippen LogP contribution in [-0.4, -0.2) is 44.3 Å². The van der Waals surface area contributed by atoms with Crippen LogP contribution in [0.5, 0.6) is 0 Å². The fourth-order valence-electron chi connectivity index (χ4n) is 4.75. The first kappa shape index (κ1) is 19.4. The molecule has 1 aliphatic carbocycles. The number of pyridine rings is 1. The maximum atomic E-state index is 13.1. The Kier molecular flexibility index (Phi) is 4.76. The van der Waals surface area contributed by atoms with Crippen LogP contribution in [0.3, 0.4) is 0 Å². The lowest BCUT2D eigenvalue weighted by Crippen LogP contribution is -2.54. The van der Waals surface area contributed by atoms with Crippen molar-refractivity contribution in [3.8, 4) is 5.82 Å². The number of hydrogen-bond acceptors (Lipinski definition) is 4. The first-order valence-electron chi connectivity index (χ1n) is 10.1. The Balaban J connectivity index is 1.59. The normalized spacial score (nSPS) is 24.2. The van der Waals surface area contributed by atoms with Gasteiger partial charge < -0.3 is 9.88 Å². The molecule has 2 aromatic rings. The molecule has 1 saturated carbocycles. The summed E-state index contributed by atoms with van der Waals surface area (Å²) < 4.78 is 1.91. The lowest BCUT2D eigenvalue weighted by atomic mass is 9.73. The highest BCUT2D eigenvalue weighted by atomic mass is 16.2. The topological polar surface area (TPSA) is 84.3 Å². The standard InChI is InChI=1S/C22H26N4O3/c1-14-8-4-6-10-22(14)20(28)25(21(29)24-22)13-18(27)17-12-15(2)26(16(17)3)19-9-5-7-11-23-19/h5,7,9,11-12,14H,4,6,8,10,13H2,1-3H3,(H,24,29)/t14-,22+/m1/s1. The Bertz CT molecular complexity index is 981. The van der Waals surface area contributed by atoms with Gasteiger partial charge in [0, 0.05) is 23.1 Å². The molecule has 2 aromatic heterocycles. The molecule has 3 heterocycles. The van der Waals surface area contributed by atoms with Crippen molar-refractivity contribution in [1.29, 1.82) is 0 Å². The monoisotopic (exact) mass is 394 g/mol. The molecule has 1 aliphatic heterocycles. The van der Waals surface area contributed by atoms with Crippen LogP contribution in [0.25, 0.3) is 5.82 Å². The SMILES string of the molecule is Cc1cc(C(=O)CN2C(=O)N[C@]3(CCCC[C@H]3C)C2=O)c(C)n1-c1ccccn1. The Labute approximate surface area is 170 Å². The van der Waals surface area contributed by atoms with Crippen molar-refractivity contribution in [2.45, 2.75) is 52.0 Å². The van der Waals surface area contributed by atoms with E-state index in [-0.39, 0.29) is 24.2 Å². The molecule has 2 atom stereocenters. The second-order valence-electron chi connectivity index (χ2n) is 8.17. The molecule has 1 spiro atoms. The average Bonchev–Trinajstić information content (AvgIpc) is 3.13. The number of imide groups is 1. The molecule has 0 bridgehead atoms. The maximum Gasteiger partial charge on any atom is 0.325 e. The molecule has 0 unspecified atom stereocenters. The van der Waals surface area contributed by atoms with Gasteiger partial charge in [-0.2, -0.15) is 0 Å². The third kappa shape index (κ3) is 3.05. The van der Waals surface area contributed by atoms with Gasteiger partial charge in [-0.05, 0) is 50.8 Å². The molecule has 7 nitrogen and oxygen atoms in total. The molecule has 152 valence electrons. The summed E-state index contributed by atoms with van der Waals surface area (Å²) in [7, 11) is 0. The van der Waals surface area contributed by atoms with Gasteiger partial charge in [-0.1, -0.05) is 25.8 Å². The first-order valence-corrected chi connectivity index (χ1v) is 10.1. The van der Waals surface area contributed by atoms with Crippen molar-refractivity contribution >= 4 is 17.7 Å². The van der Waals surface area contributed by atoms with E-state index in [1.165, 1.54) is 0 Å². The van der Waals surface area contributed by atoms with Crippen LogP contribution < -0.4 is 5.32 Å². The lowest BCUT2D eigenvalue weighted by molar-refractivity contribution is -0.133. The second-order valence-corrected chi connectivity index (χ2v) is 8.17. The van der Waals surface area contributed by atoms with Crippen molar-refractivity contribution in [2.24, 2.45) is 5.92 Å². The number of nitrogens with zero attached hydrogens (tertiary/aromatic N) is 3. The fraction of sp³-hybridized carbons (Fsp3) is 0.455. The highest BCUT2D eigenvalue weighted by molar-refractivity contribution is 6.11. The number of aromatic nitrogens is 2. The lowest BCUT2D eigenvalue weighted by Gasteiger charge is -2.36. The molecule has 7 heteroatoms. The predicted octanol–water partition coefficient (Wildman–Crippen LogP) is 3.17. The summed E-state index contributed by atoms with van der Waals surface area (Å²) in [5, 5.41) is 2.90. The van der Waals surface area contributed by atoms with E-state index in [0.717, 1.165) is 41.4 Å². The van der Waals surface area contributed by atoms with E-state index in [0.29, 0.717) is 12.0 Å². The zero-order chi connectivity index (χ0) is 20.8. The molecule has 0 aromatic carbocycles. The average molecular weight is 394 g/mol. The molecule has 0 radical (unpaired) electrons. The summed E-state index contributed by atoms with van der Waals surface area (Å²) in [5.41, 5.74) is 1.28. The number of rotatable bonds is 4. The number of urea groups is 1. The molecule has 1 N–H and O–H groups in total. The van der Waals surface area contributed by atoms with Gasteiger partial charge >= 0.3 is 6.03 Å². The van der Waals surface area contributed by atoms with E-state index in [1.807, 2.05) is 43.5 Å². The van der Waals surface area contributed by atoms with Crippen LogP contribution in [0.4, 0.5) is 4.79 Å². The van der Waals surface area contributed by atoms with E-state index in [9.17, 15) is 14.4 Å². The minimum atomic E-state index is -0.847. The highest BCUT2D eigenvalue weighted by Crippen LogP contribution is 2.38. The van der Waals surface area contributed by atoms with Gasteiger partial charge in [-0.25, -0.2) is 9.78 Å². The molecule has 2 aliphatic rings. The van der Waals surface area contributed by atoms with E-state index in [4.69, 9.17) is 0 Å². The number of carbonyl (C=O) groups excluding carboxylic acids is 3. The number of carbonyl (C=O) groups is 3. The molecule has 1 saturated heterocycles. The van der Waals surface area contributed by atoms with E-state index < -0.39 is 11.6 Å². The van der Waals surface area contributed by atoms with Crippen LogP contribution in [0.2, 0.25) is 0 Å². The van der Waals surface area contributed by atoms with Gasteiger partial charge in [-0.15, -0.1) is 0 Å². The Morgan fingerprint density at radius 3 is 2.76 bits per heavy atom. The van der Waals surface area contributed by atoms with Crippen LogP contribution >= 0.6 is 0 Å². The van der Waals surface area contributed by atoms with Gasteiger partial charge in [0.05, 0.1) is 6.54 Å². The minimum absolute atomic E-state index is 0.0713. The zero-order valence-electron chi connectivity index (χ0n) is 17.1. The second kappa shape index (κ2) is 7.13. The quantitative estimate of drug-likeness (QED) is 0.638. The smallest absolute Gasteiger partial charge is 0.323 e. The molecular formula is C22H26N4O3. The maximum absolute atomic E-state index is 13.1. The summed E-state index contributed by atoms with van der Waals surface area (Å²) >= 11 is 0. The summed E-state index contributed by atoms with van der Waals surface area (Å²) in [4.78, 5) is 44.2. The van der Waals surface area contributed by atoms with Gasteiger partial charge in [-0.3, -0.25) is 14.5 Å². The summed E-state index contributed by atoms with van der Waals surface area (Å²) in [6, 6.07) is 6.93. The molecule has 29 heavy (non-hydrogen) atoms. The van der Waals surface area contributed by atoms with Crippen LogP contribution in [0.15, 0.2) is 30.5 Å². The molecular weight excluding hydrogens is 368 g/mol. The summed E-state index contributed by atoms with van der Waals surface area (Å²) in [6.45, 7) is 5.52. The van der Waals surface area contributed by atoms with E-state index >= 15 is 0 Å². The van der Waals surface area contributed by atoms with Crippen molar-refractivity contribution in [1.82, 2.24) is 19.8 Å². The Hall–Kier alpha value is -2.96. The number of Topliss-reactive ketones (excluding diaryl/α,β-unsaturated/α-hetero) is 1. The van der Waals surface area contributed by atoms with Gasteiger partial charge in [0.25, 0.3) is 5.91 Å². The van der Waals surface area contributed by atoms with Crippen LogP contribution in [-0.2, 0) is 4.79 Å². The third-order valence-electron chi connectivity index (χ3n) is 6.41. The van der Waals surface area contributed by atoms with Gasteiger partial charge in [0.1, 0.15) is 11.4 Å². The first-order chi connectivity index (χ1) is 13.8. The van der Waals surface area contributed by atoms with Crippen LogP contribution in [0.1, 0.15) is 54.4 Å². The van der Waals surface area contributed by atoms with Gasteiger partial charge in [0.2, 0.25) is 0 Å². The Morgan fingerprint density at radius 1 is 1.28 bits per heavy atom. The third-order valence-corrected chi connectivity index (χ3v) is 6.41. The largest absolute Gasteiger partial charge is 0.325 e.